The van der Waals surface area contributed by atoms with Crippen molar-refractivity contribution < 1.29 is 0 Å². The van der Waals surface area contributed by atoms with E-state index in [2.05, 4.69) is 56.9 Å². The second-order valence-corrected chi connectivity index (χ2v) is 6.61. The predicted molar refractivity (Wildman–Crippen MR) is 80.3 cm³/mol. The molecule has 1 aromatic heterocycles. The highest BCUT2D eigenvalue weighted by atomic mass is 15.3. The van der Waals surface area contributed by atoms with Crippen LogP contribution in [0, 0.1) is 5.41 Å². The minimum absolute atomic E-state index is 0.236. The Balaban J connectivity index is 2.60. The standard InChI is InChI=1S/C15H30N4/c1-7-8-16-13(4)9-15(5,6)10-14-17-11-18-19(14)12(2)3/h11-13,16H,7-10H2,1-6H3. The number of rotatable bonds is 8. The predicted octanol–water partition coefficient (Wildman–Crippen LogP) is 3.21. The van der Waals surface area contributed by atoms with E-state index in [9.17, 15) is 0 Å². The smallest absolute Gasteiger partial charge is 0.138 e. The van der Waals surface area contributed by atoms with Crippen molar-refractivity contribution >= 4 is 0 Å². The summed E-state index contributed by atoms with van der Waals surface area (Å²) >= 11 is 0. The van der Waals surface area contributed by atoms with Crippen LogP contribution < -0.4 is 5.32 Å². The lowest BCUT2D eigenvalue weighted by atomic mass is 9.82. The summed E-state index contributed by atoms with van der Waals surface area (Å²) in [5, 5.41) is 7.88. The highest BCUT2D eigenvalue weighted by Gasteiger charge is 2.24. The van der Waals surface area contributed by atoms with Crippen molar-refractivity contribution in [3.8, 4) is 0 Å². The van der Waals surface area contributed by atoms with Gasteiger partial charge in [-0.2, -0.15) is 5.10 Å². The first-order chi connectivity index (χ1) is 8.85. The highest BCUT2D eigenvalue weighted by Crippen LogP contribution is 2.27. The molecule has 0 aliphatic heterocycles. The molecule has 4 heteroatoms. The lowest BCUT2D eigenvalue weighted by Crippen LogP contribution is -2.33. The Hall–Kier alpha value is -0.900. The van der Waals surface area contributed by atoms with Crippen LogP contribution in [-0.4, -0.2) is 27.4 Å². The zero-order valence-corrected chi connectivity index (χ0v) is 13.4. The van der Waals surface area contributed by atoms with Crippen molar-refractivity contribution in [2.75, 3.05) is 6.54 Å². The van der Waals surface area contributed by atoms with E-state index < -0.39 is 0 Å². The Bertz CT molecular complexity index is 368. The van der Waals surface area contributed by atoms with Crippen LogP contribution in [0.2, 0.25) is 0 Å². The fourth-order valence-electron chi connectivity index (χ4n) is 2.62. The first kappa shape index (κ1) is 16.2. The molecule has 4 nitrogen and oxygen atoms in total. The molecule has 0 amide bonds. The molecule has 0 saturated heterocycles. The molecule has 1 unspecified atom stereocenters. The summed E-state index contributed by atoms with van der Waals surface area (Å²) in [5.41, 5.74) is 0.236. The highest BCUT2D eigenvalue weighted by molar-refractivity contribution is 4.93. The van der Waals surface area contributed by atoms with Crippen LogP contribution in [0.4, 0.5) is 0 Å². The minimum atomic E-state index is 0.236. The van der Waals surface area contributed by atoms with Gasteiger partial charge >= 0.3 is 0 Å². The Morgan fingerprint density at radius 2 is 2.00 bits per heavy atom. The van der Waals surface area contributed by atoms with Crippen molar-refractivity contribution in [1.82, 2.24) is 20.1 Å². The van der Waals surface area contributed by atoms with Crippen LogP contribution in [0.3, 0.4) is 0 Å². The number of nitrogens with zero attached hydrogens (tertiary/aromatic N) is 3. The van der Waals surface area contributed by atoms with Crippen molar-refractivity contribution in [1.29, 1.82) is 0 Å². The quantitative estimate of drug-likeness (QED) is 0.785. The van der Waals surface area contributed by atoms with Crippen LogP contribution in [0.25, 0.3) is 0 Å². The summed E-state index contributed by atoms with van der Waals surface area (Å²) in [7, 11) is 0. The molecule has 0 aromatic carbocycles. The van der Waals surface area contributed by atoms with E-state index in [1.54, 1.807) is 6.33 Å². The second kappa shape index (κ2) is 7.04. The van der Waals surface area contributed by atoms with Crippen LogP contribution >= 0.6 is 0 Å². The number of hydrogen-bond donors (Lipinski definition) is 1. The molecule has 0 bridgehead atoms. The zero-order chi connectivity index (χ0) is 14.5. The third-order valence-corrected chi connectivity index (χ3v) is 3.37. The molecule has 1 rings (SSSR count). The Morgan fingerprint density at radius 3 is 2.58 bits per heavy atom. The summed E-state index contributed by atoms with van der Waals surface area (Å²) in [6.45, 7) is 14.5. The van der Waals surface area contributed by atoms with E-state index in [1.165, 1.54) is 6.42 Å². The minimum Gasteiger partial charge on any atom is -0.314 e. The van der Waals surface area contributed by atoms with Gasteiger partial charge in [0.2, 0.25) is 0 Å². The first-order valence-corrected chi connectivity index (χ1v) is 7.47. The van der Waals surface area contributed by atoms with Gasteiger partial charge < -0.3 is 5.32 Å². The number of hydrogen-bond acceptors (Lipinski definition) is 3. The fourth-order valence-corrected chi connectivity index (χ4v) is 2.62. The molecule has 1 heterocycles. The number of aromatic nitrogens is 3. The van der Waals surface area contributed by atoms with Crippen LogP contribution in [0.5, 0.6) is 0 Å². The monoisotopic (exact) mass is 266 g/mol. The third-order valence-electron chi connectivity index (χ3n) is 3.37. The topological polar surface area (TPSA) is 42.7 Å². The third kappa shape index (κ3) is 5.31. The average molecular weight is 266 g/mol. The molecule has 0 fully saturated rings. The van der Waals surface area contributed by atoms with Gasteiger partial charge in [-0.1, -0.05) is 20.8 Å². The van der Waals surface area contributed by atoms with Gasteiger partial charge in [-0.25, -0.2) is 9.67 Å². The maximum atomic E-state index is 4.42. The van der Waals surface area contributed by atoms with Gasteiger partial charge in [0.15, 0.2) is 0 Å². The SMILES string of the molecule is CCCNC(C)CC(C)(C)Cc1ncnn1C(C)C. The Morgan fingerprint density at radius 1 is 1.32 bits per heavy atom. The summed E-state index contributed by atoms with van der Waals surface area (Å²) in [6.07, 6.45) is 4.98. The van der Waals surface area contributed by atoms with E-state index in [4.69, 9.17) is 0 Å². The van der Waals surface area contributed by atoms with Crippen LogP contribution in [-0.2, 0) is 6.42 Å². The van der Waals surface area contributed by atoms with Crippen LogP contribution in [0.15, 0.2) is 6.33 Å². The van der Waals surface area contributed by atoms with Gasteiger partial charge in [-0.15, -0.1) is 0 Å². The summed E-state index contributed by atoms with van der Waals surface area (Å²) < 4.78 is 2.03. The average Bonchev–Trinajstić information content (AvgIpc) is 2.72. The molecule has 110 valence electrons. The largest absolute Gasteiger partial charge is 0.314 e. The first-order valence-electron chi connectivity index (χ1n) is 7.47. The van der Waals surface area contributed by atoms with E-state index >= 15 is 0 Å². The summed E-state index contributed by atoms with van der Waals surface area (Å²) in [6, 6.07) is 0.925. The Labute approximate surface area is 118 Å². The molecule has 1 aromatic rings. The van der Waals surface area contributed by atoms with Crippen molar-refractivity contribution in [2.45, 2.75) is 72.9 Å². The van der Waals surface area contributed by atoms with Gasteiger partial charge in [0.05, 0.1) is 0 Å². The van der Waals surface area contributed by atoms with E-state index in [0.29, 0.717) is 12.1 Å². The van der Waals surface area contributed by atoms with Gasteiger partial charge in [-0.05, 0) is 45.6 Å². The molecule has 0 aliphatic carbocycles. The molecule has 0 aliphatic rings. The lowest BCUT2D eigenvalue weighted by molar-refractivity contribution is 0.275. The van der Waals surface area contributed by atoms with E-state index in [1.807, 2.05) is 4.68 Å². The van der Waals surface area contributed by atoms with Crippen molar-refractivity contribution in [3.63, 3.8) is 0 Å². The second-order valence-electron chi connectivity index (χ2n) is 6.61. The van der Waals surface area contributed by atoms with E-state index in [-0.39, 0.29) is 5.41 Å². The van der Waals surface area contributed by atoms with Crippen LogP contribution in [0.1, 0.15) is 66.3 Å². The van der Waals surface area contributed by atoms with E-state index in [0.717, 1.165) is 25.2 Å². The van der Waals surface area contributed by atoms with Gasteiger partial charge in [0.1, 0.15) is 12.2 Å². The molecular weight excluding hydrogens is 236 g/mol. The lowest BCUT2D eigenvalue weighted by Gasteiger charge is -2.28. The van der Waals surface area contributed by atoms with Gasteiger partial charge in [-0.3, -0.25) is 0 Å². The molecule has 0 saturated carbocycles. The zero-order valence-electron chi connectivity index (χ0n) is 13.4. The fraction of sp³-hybridized carbons (Fsp3) is 0.867. The molecule has 1 atom stereocenters. The Kier molecular flexibility index (Phi) is 5.98. The molecule has 0 spiro atoms. The summed E-state index contributed by atoms with van der Waals surface area (Å²) in [5.74, 6) is 1.10. The number of nitrogens with one attached hydrogen (secondary N) is 1. The molecule has 1 N–H and O–H groups in total. The molecular formula is C15H30N4. The van der Waals surface area contributed by atoms with Gasteiger partial charge in [0.25, 0.3) is 0 Å². The maximum Gasteiger partial charge on any atom is 0.138 e. The maximum absolute atomic E-state index is 4.42. The normalized spacial score (nSPS) is 14.1. The van der Waals surface area contributed by atoms with Crippen molar-refractivity contribution in [2.24, 2.45) is 5.41 Å². The van der Waals surface area contributed by atoms with Gasteiger partial charge in [0, 0.05) is 18.5 Å². The summed E-state index contributed by atoms with van der Waals surface area (Å²) in [4.78, 5) is 4.42. The molecule has 0 radical (unpaired) electrons. The van der Waals surface area contributed by atoms with Crippen molar-refractivity contribution in [3.05, 3.63) is 12.2 Å². The molecule has 19 heavy (non-hydrogen) atoms.